The van der Waals surface area contributed by atoms with Crippen molar-refractivity contribution in [1.82, 2.24) is 0 Å². The average molecular weight is 227 g/mol. The van der Waals surface area contributed by atoms with E-state index in [1.54, 1.807) is 0 Å². The van der Waals surface area contributed by atoms with Crippen LogP contribution in [0.15, 0.2) is 18.2 Å². The molecule has 1 aliphatic rings. The fraction of sp³-hybridized carbons (Fsp3) is 0.417. The van der Waals surface area contributed by atoms with E-state index in [2.05, 4.69) is 0 Å². The van der Waals surface area contributed by atoms with Crippen LogP contribution in [0.25, 0.3) is 0 Å². The number of ketones is 1. The summed E-state index contributed by atoms with van der Waals surface area (Å²) in [6, 6.07) is 3.97. The number of benzene rings is 1. The minimum absolute atomic E-state index is 0.0671. The second kappa shape index (κ2) is 4.31. The Kier molecular flexibility index (Phi) is 3.06. The standard InChI is InChI=1S/C12H12ClFO/c13-11-7-9(14)5-6-10(11)12(15)8-3-1-2-4-8/h5-8H,1-4H2. The van der Waals surface area contributed by atoms with Gasteiger partial charge in [-0.1, -0.05) is 24.4 Å². The Labute approximate surface area is 93.2 Å². The van der Waals surface area contributed by atoms with Crippen molar-refractivity contribution in [1.29, 1.82) is 0 Å². The first-order valence-corrected chi connectivity index (χ1v) is 5.55. The summed E-state index contributed by atoms with van der Waals surface area (Å²) in [5, 5.41) is 0.229. The van der Waals surface area contributed by atoms with Gasteiger partial charge in [0.05, 0.1) is 5.02 Å². The van der Waals surface area contributed by atoms with Gasteiger partial charge in [-0.3, -0.25) is 4.79 Å². The fourth-order valence-electron chi connectivity index (χ4n) is 2.10. The number of rotatable bonds is 2. The van der Waals surface area contributed by atoms with Gasteiger partial charge in [0.2, 0.25) is 0 Å². The highest BCUT2D eigenvalue weighted by Gasteiger charge is 2.25. The number of hydrogen-bond donors (Lipinski definition) is 0. The van der Waals surface area contributed by atoms with Gasteiger partial charge in [-0.25, -0.2) is 4.39 Å². The summed E-state index contributed by atoms with van der Waals surface area (Å²) >= 11 is 5.84. The van der Waals surface area contributed by atoms with Crippen molar-refractivity contribution >= 4 is 17.4 Å². The molecule has 3 heteroatoms. The van der Waals surface area contributed by atoms with E-state index in [9.17, 15) is 9.18 Å². The Morgan fingerprint density at radius 2 is 2.00 bits per heavy atom. The fourth-order valence-corrected chi connectivity index (χ4v) is 2.36. The Bertz CT molecular complexity index is 383. The number of carbonyl (C=O) groups is 1. The van der Waals surface area contributed by atoms with Gasteiger partial charge in [0.25, 0.3) is 0 Å². The van der Waals surface area contributed by atoms with Crippen LogP contribution in [0.5, 0.6) is 0 Å². The molecule has 1 aliphatic carbocycles. The summed E-state index contributed by atoms with van der Waals surface area (Å²) in [7, 11) is 0. The van der Waals surface area contributed by atoms with E-state index in [0.29, 0.717) is 5.56 Å². The quantitative estimate of drug-likeness (QED) is 0.700. The lowest BCUT2D eigenvalue weighted by Gasteiger charge is -2.09. The Morgan fingerprint density at radius 3 is 2.60 bits per heavy atom. The van der Waals surface area contributed by atoms with Crippen molar-refractivity contribution < 1.29 is 9.18 Å². The highest BCUT2D eigenvalue weighted by Crippen LogP contribution is 2.30. The molecule has 2 rings (SSSR count). The molecule has 0 bridgehead atoms. The molecule has 1 aromatic rings. The van der Waals surface area contributed by atoms with Gasteiger partial charge in [-0.15, -0.1) is 0 Å². The smallest absolute Gasteiger partial charge is 0.167 e. The van der Waals surface area contributed by atoms with Gasteiger partial charge >= 0.3 is 0 Å². The molecule has 15 heavy (non-hydrogen) atoms. The highest BCUT2D eigenvalue weighted by molar-refractivity contribution is 6.34. The molecular weight excluding hydrogens is 215 g/mol. The first-order chi connectivity index (χ1) is 7.18. The maximum absolute atomic E-state index is 12.8. The van der Waals surface area contributed by atoms with Gasteiger partial charge < -0.3 is 0 Å². The summed E-state index contributed by atoms with van der Waals surface area (Å²) in [6.07, 6.45) is 4.09. The Balaban J connectivity index is 2.24. The van der Waals surface area contributed by atoms with Crippen LogP contribution in [0.4, 0.5) is 4.39 Å². The van der Waals surface area contributed by atoms with E-state index in [0.717, 1.165) is 25.7 Å². The normalized spacial score (nSPS) is 16.9. The monoisotopic (exact) mass is 226 g/mol. The lowest BCUT2D eigenvalue weighted by molar-refractivity contribution is 0.0923. The molecule has 0 amide bonds. The number of hydrogen-bond acceptors (Lipinski definition) is 1. The van der Waals surface area contributed by atoms with Crippen LogP contribution in [0.3, 0.4) is 0 Å². The van der Waals surface area contributed by atoms with Crippen LogP contribution in [-0.2, 0) is 0 Å². The SMILES string of the molecule is O=C(c1ccc(F)cc1Cl)C1CCCC1. The summed E-state index contributed by atoms with van der Waals surface area (Å²) < 4.78 is 12.8. The van der Waals surface area contributed by atoms with Gasteiger partial charge in [-0.2, -0.15) is 0 Å². The molecule has 0 N–H and O–H groups in total. The first-order valence-electron chi connectivity index (χ1n) is 5.18. The lowest BCUT2D eigenvalue weighted by Crippen LogP contribution is -2.11. The van der Waals surface area contributed by atoms with Gasteiger partial charge in [0.1, 0.15) is 5.82 Å². The third kappa shape index (κ3) is 2.20. The lowest BCUT2D eigenvalue weighted by atomic mass is 9.96. The van der Waals surface area contributed by atoms with Gasteiger partial charge in [0, 0.05) is 11.5 Å². The molecule has 1 saturated carbocycles. The molecule has 0 atom stereocenters. The summed E-state index contributed by atoms with van der Waals surface area (Å²) in [5.41, 5.74) is 0.463. The molecule has 80 valence electrons. The maximum Gasteiger partial charge on any atom is 0.167 e. The summed E-state index contributed by atoms with van der Waals surface area (Å²) in [6.45, 7) is 0. The minimum atomic E-state index is -0.400. The van der Waals surface area contributed by atoms with Crippen LogP contribution in [-0.4, -0.2) is 5.78 Å². The summed E-state index contributed by atoms with van der Waals surface area (Å²) in [5.74, 6) is -0.242. The molecule has 0 heterocycles. The largest absolute Gasteiger partial charge is 0.294 e. The highest BCUT2D eigenvalue weighted by atomic mass is 35.5. The predicted molar refractivity (Wildman–Crippen MR) is 57.7 cm³/mol. The van der Waals surface area contributed by atoms with Crippen LogP contribution in [0, 0.1) is 11.7 Å². The molecule has 0 aliphatic heterocycles. The van der Waals surface area contributed by atoms with Gasteiger partial charge in [0.15, 0.2) is 5.78 Å². The molecule has 1 aromatic carbocycles. The molecule has 1 nitrogen and oxygen atoms in total. The van der Waals surface area contributed by atoms with E-state index in [1.165, 1.54) is 18.2 Å². The van der Waals surface area contributed by atoms with Crippen molar-refractivity contribution in [2.24, 2.45) is 5.92 Å². The molecule has 0 aromatic heterocycles. The van der Waals surface area contributed by atoms with Crippen molar-refractivity contribution in [2.45, 2.75) is 25.7 Å². The Morgan fingerprint density at radius 1 is 1.33 bits per heavy atom. The number of Topliss-reactive ketones (excluding diaryl/α,β-unsaturated/α-hetero) is 1. The number of carbonyl (C=O) groups excluding carboxylic acids is 1. The van der Waals surface area contributed by atoms with Crippen LogP contribution >= 0.6 is 11.6 Å². The first kappa shape index (κ1) is 10.6. The van der Waals surface area contributed by atoms with Crippen molar-refractivity contribution in [2.75, 3.05) is 0 Å². The van der Waals surface area contributed by atoms with Crippen molar-refractivity contribution in [3.8, 4) is 0 Å². The molecule has 0 saturated heterocycles. The van der Waals surface area contributed by atoms with Crippen LogP contribution in [0.1, 0.15) is 36.0 Å². The second-order valence-corrected chi connectivity index (χ2v) is 4.38. The Hall–Kier alpha value is -0.890. The maximum atomic E-state index is 12.8. The zero-order valence-corrected chi connectivity index (χ0v) is 9.06. The van der Waals surface area contributed by atoms with E-state index >= 15 is 0 Å². The predicted octanol–water partition coefficient (Wildman–Crippen LogP) is 3.85. The average Bonchev–Trinajstić information content (AvgIpc) is 2.69. The van der Waals surface area contributed by atoms with Crippen LogP contribution < -0.4 is 0 Å². The third-order valence-corrected chi connectivity index (χ3v) is 3.24. The number of halogens is 2. The minimum Gasteiger partial charge on any atom is -0.294 e. The zero-order valence-electron chi connectivity index (χ0n) is 8.30. The van der Waals surface area contributed by atoms with Crippen molar-refractivity contribution in [3.05, 3.63) is 34.6 Å². The van der Waals surface area contributed by atoms with E-state index in [-0.39, 0.29) is 16.7 Å². The summed E-state index contributed by atoms with van der Waals surface area (Å²) in [4.78, 5) is 12.0. The molecule has 0 spiro atoms. The topological polar surface area (TPSA) is 17.1 Å². The van der Waals surface area contributed by atoms with Crippen molar-refractivity contribution in [3.63, 3.8) is 0 Å². The molecule has 0 radical (unpaired) electrons. The molecular formula is C12H12ClFO. The second-order valence-electron chi connectivity index (χ2n) is 3.97. The van der Waals surface area contributed by atoms with Crippen LogP contribution in [0.2, 0.25) is 5.02 Å². The van der Waals surface area contributed by atoms with E-state index in [1.807, 2.05) is 0 Å². The molecule has 1 fully saturated rings. The third-order valence-electron chi connectivity index (χ3n) is 2.92. The van der Waals surface area contributed by atoms with Gasteiger partial charge in [-0.05, 0) is 31.0 Å². The zero-order chi connectivity index (χ0) is 10.8. The molecule has 0 unspecified atom stereocenters. The van der Waals surface area contributed by atoms with E-state index in [4.69, 9.17) is 11.6 Å². The van der Waals surface area contributed by atoms with E-state index < -0.39 is 5.82 Å².